The summed E-state index contributed by atoms with van der Waals surface area (Å²) >= 11 is 0. The maximum atomic E-state index is 7.05. The van der Waals surface area contributed by atoms with Gasteiger partial charge in [0.15, 0.2) is 0 Å². The van der Waals surface area contributed by atoms with E-state index in [0.717, 1.165) is 55.5 Å². The van der Waals surface area contributed by atoms with E-state index in [1.807, 2.05) is 0 Å². The summed E-state index contributed by atoms with van der Waals surface area (Å²) in [4.78, 5) is 2.57. The second-order valence-electron chi connectivity index (χ2n) is 20.2. The Hall–Kier alpha value is -9.50. The van der Waals surface area contributed by atoms with Crippen LogP contribution in [0.15, 0.2) is 277 Å². The molecule has 0 saturated heterocycles. The number of fused-ring (bicyclic) bond motifs is 17. The number of rotatable bonds is 6. The summed E-state index contributed by atoms with van der Waals surface area (Å²) in [7, 11) is 0. The molecule has 2 nitrogen and oxygen atoms in total. The lowest BCUT2D eigenvalue weighted by atomic mass is 9.67. The van der Waals surface area contributed by atoms with E-state index >= 15 is 0 Å². The van der Waals surface area contributed by atoms with Gasteiger partial charge in [-0.25, -0.2) is 0 Å². The lowest BCUT2D eigenvalue weighted by Crippen LogP contribution is -2.28. The van der Waals surface area contributed by atoms with Gasteiger partial charge in [-0.2, -0.15) is 0 Å². The number of para-hydroxylation sites is 2. The predicted molar refractivity (Wildman–Crippen MR) is 305 cm³/mol. The van der Waals surface area contributed by atoms with Gasteiger partial charge in [0.05, 0.1) is 22.2 Å². The lowest BCUT2D eigenvalue weighted by molar-refractivity contribution is 0.670. The first-order valence-corrected chi connectivity index (χ1v) is 25.7. The summed E-state index contributed by atoms with van der Waals surface area (Å²) in [5, 5.41) is 4.58. The highest BCUT2D eigenvalue weighted by molar-refractivity contribution is 6.14. The smallest absolute Gasteiger partial charge is 0.143 e. The Morgan fingerprint density at radius 1 is 0.284 bits per heavy atom. The number of hydrogen-bond donors (Lipinski definition) is 0. The lowest BCUT2D eigenvalue weighted by Gasteiger charge is -2.35. The number of hydrogen-bond acceptors (Lipinski definition) is 2. The summed E-state index contributed by atoms with van der Waals surface area (Å²) in [6.45, 7) is 0. The Kier molecular flexibility index (Phi) is 8.62. The van der Waals surface area contributed by atoms with Crippen LogP contribution in [0.2, 0.25) is 0 Å². The van der Waals surface area contributed by atoms with Gasteiger partial charge in [-0.3, -0.25) is 0 Å². The molecule has 0 fully saturated rings. The van der Waals surface area contributed by atoms with E-state index in [1.54, 1.807) is 0 Å². The molecule has 1 spiro atoms. The Balaban J connectivity index is 1.01. The number of anilines is 3. The number of nitrogens with zero attached hydrogens (tertiary/aromatic N) is 1. The van der Waals surface area contributed by atoms with E-state index in [1.165, 1.54) is 83.3 Å². The summed E-state index contributed by atoms with van der Waals surface area (Å²) in [5.41, 5.74) is 23.9. The van der Waals surface area contributed by atoms with Crippen molar-refractivity contribution in [3.8, 4) is 44.5 Å². The molecular formula is C72H45NO. The molecule has 16 rings (SSSR count). The van der Waals surface area contributed by atoms with Crippen molar-refractivity contribution in [2.75, 3.05) is 4.90 Å². The Morgan fingerprint density at radius 2 is 0.757 bits per heavy atom. The molecule has 0 aliphatic heterocycles. The molecule has 0 radical (unpaired) electrons. The Labute approximate surface area is 429 Å². The van der Waals surface area contributed by atoms with Crippen LogP contribution in [0.25, 0.3) is 77.2 Å². The van der Waals surface area contributed by atoms with Gasteiger partial charge in [0.2, 0.25) is 0 Å². The van der Waals surface area contributed by atoms with Crippen LogP contribution in [0, 0.1) is 0 Å². The molecule has 0 atom stereocenters. The standard InChI is InChI=1S/C72H45NO/c1-3-23-48(24-4-1)71(49-25-5-2-6-26-49)60-34-14-9-29-53(60)54-42-41-50(45-65(54)71)73(66-39-18-13-30-55(66)56-32-19-33-57-59-43-46-21-7-8-22-47(46)44-68(59)74-70(56)57)67-40-20-38-64-69(67)58-31-12-17-37-63(58)72(64)61-35-15-10-27-51(61)52-28-11-16-36-62(52)72/h1-45H. The Bertz CT molecular complexity index is 4360. The molecular weight excluding hydrogens is 895 g/mol. The third kappa shape index (κ3) is 5.39. The van der Waals surface area contributed by atoms with Gasteiger partial charge in [0.25, 0.3) is 0 Å². The van der Waals surface area contributed by atoms with Gasteiger partial charge in [0.1, 0.15) is 11.2 Å². The zero-order valence-electron chi connectivity index (χ0n) is 40.3. The zero-order valence-corrected chi connectivity index (χ0v) is 40.3. The maximum absolute atomic E-state index is 7.05. The van der Waals surface area contributed by atoms with Gasteiger partial charge in [0, 0.05) is 33.2 Å². The average molecular weight is 940 g/mol. The largest absolute Gasteiger partial charge is 0.455 e. The molecule has 344 valence electrons. The minimum Gasteiger partial charge on any atom is -0.455 e. The molecule has 0 saturated carbocycles. The molecule has 3 aliphatic rings. The quantitative estimate of drug-likeness (QED) is 0.165. The monoisotopic (exact) mass is 939 g/mol. The van der Waals surface area contributed by atoms with Crippen LogP contribution < -0.4 is 4.90 Å². The van der Waals surface area contributed by atoms with Gasteiger partial charge >= 0.3 is 0 Å². The van der Waals surface area contributed by atoms with Gasteiger partial charge in [-0.15, -0.1) is 0 Å². The highest BCUT2D eigenvalue weighted by Crippen LogP contribution is 2.65. The fourth-order valence-electron chi connectivity index (χ4n) is 13.9. The summed E-state index contributed by atoms with van der Waals surface area (Å²) in [6.07, 6.45) is 0. The first-order chi connectivity index (χ1) is 36.7. The maximum Gasteiger partial charge on any atom is 0.143 e. The van der Waals surface area contributed by atoms with Crippen LogP contribution in [0.5, 0.6) is 0 Å². The van der Waals surface area contributed by atoms with E-state index in [9.17, 15) is 0 Å². The zero-order chi connectivity index (χ0) is 48.5. The van der Waals surface area contributed by atoms with Crippen LogP contribution in [0.1, 0.15) is 44.5 Å². The summed E-state index contributed by atoms with van der Waals surface area (Å²) < 4.78 is 7.05. The van der Waals surface area contributed by atoms with Crippen LogP contribution in [0.3, 0.4) is 0 Å². The fraction of sp³-hybridized carbons (Fsp3) is 0.0278. The van der Waals surface area contributed by atoms with Crippen molar-refractivity contribution >= 4 is 49.8 Å². The molecule has 0 amide bonds. The summed E-state index contributed by atoms with van der Waals surface area (Å²) in [6, 6.07) is 102. The van der Waals surface area contributed by atoms with E-state index in [0.29, 0.717) is 0 Å². The molecule has 1 heterocycles. The second-order valence-corrected chi connectivity index (χ2v) is 20.2. The van der Waals surface area contributed by atoms with E-state index in [-0.39, 0.29) is 0 Å². The highest BCUT2D eigenvalue weighted by atomic mass is 16.3. The van der Waals surface area contributed by atoms with Crippen LogP contribution in [0.4, 0.5) is 17.1 Å². The topological polar surface area (TPSA) is 16.4 Å². The molecule has 0 N–H and O–H groups in total. The van der Waals surface area contributed by atoms with Gasteiger partial charge < -0.3 is 9.32 Å². The molecule has 74 heavy (non-hydrogen) atoms. The third-order valence-corrected chi connectivity index (χ3v) is 16.7. The normalized spacial score (nSPS) is 13.9. The molecule has 13 aromatic rings. The van der Waals surface area contributed by atoms with Crippen molar-refractivity contribution in [3.63, 3.8) is 0 Å². The minimum absolute atomic E-state index is 0.515. The van der Waals surface area contributed by atoms with E-state index < -0.39 is 10.8 Å². The van der Waals surface area contributed by atoms with E-state index in [4.69, 9.17) is 4.42 Å². The Morgan fingerprint density at radius 3 is 1.42 bits per heavy atom. The van der Waals surface area contributed by atoms with Crippen molar-refractivity contribution < 1.29 is 4.42 Å². The number of furan rings is 1. The van der Waals surface area contributed by atoms with Crippen molar-refractivity contribution in [2.45, 2.75) is 10.8 Å². The van der Waals surface area contributed by atoms with Crippen LogP contribution >= 0.6 is 0 Å². The van der Waals surface area contributed by atoms with Crippen molar-refractivity contribution in [1.29, 1.82) is 0 Å². The minimum atomic E-state index is -0.592. The average Bonchev–Trinajstić information content (AvgIpc) is 4.32. The van der Waals surface area contributed by atoms with Crippen molar-refractivity contribution in [3.05, 3.63) is 317 Å². The predicted octanol–water partition coefficient (Wildman–Crippen LogP) is 18.6. The number of benzene rings is 12. The van der Waals surface area contributed by atoms with Gasteiger partial charge in [-0.1, -0.05) is 237 Å². The SMILES string of the molecule is c1ccc(C2(c3ccccc3)c3ccccc3-c3ccc(N(c4ccccc4-c4cccc5c4oc4cc6ccccc6cc45)c4cccc5c4-c4ccccc4C54c5ccccc5-c5ccccc54)cc32)cc1. The fourth-order valence-corrected chi connectivity index (χ4v) is 13.9. The molecule has 1 aromatic heterocycles. The third-order valence-electron chi connectivity index (χ3n) is 16.7. The second kappa shape index (κ2) is 15.5. The highest BCUT2D eigenvalue weighted by Gasteiger charge is 2.53. The van der Waals surface area contributed by atoms with Crippen molar-refractivity contribution in [2.24, 2.45) is 0 Å². The molecule has 0 unspecified atom stereocenters. The molecule has 12 aromatic carbocycles. The first-order valence-electron chi connectivity index (χ1n) is 25.7. The van der Waals surface area contributed by atoms with Gasteiger partial charge in [-0.05, 0) is 119 Å². The van der Waals surface area contributed by atoms with Crippen LogP contribution in [-0.2, 0) is 10.8 Å². The first kappa shape index (κ1) is 41.2. The molecule has 0 bridgehead atoms. The van der Waals surface area contributed by atoms with Crippen molar-refractivity contribution in [1.82, 2.24) is 0 Å². The molecule has 3 aliphatic carbocycles. The summed E-state index contributed by atoms with van der Waals surface area (Å²) in [5.74, 6) is 0. The van der Waals surface area contributed by atoms with E-state index in [2.05, 4.69) is 278 Å². The van der Waals surface area contributed by atoms with Crippen LogP contribution in [-0.4, -0.2) is 0 Å². The molecule has 2 heteroatoms.